The normalized spacial score (nSPS) is 11.2. The predicted octanol–water partition coefficient (Wildman–Crippen LogP) is 4.85. The van der Waals surface area contributed by atoms with Crippen LogP contribution in [0, 0.1) is 12.7 Å². The molecule has 4 aromatic rings. The zero-order chi connectivity index (χ0) is 18.6. The van der Waals surface area contributed by atoms with Gasteiger partial charge in [0.1, 0.15) is 17.2 Å². The highest BCUT2D eigenvalue weighted by Gasteiger charge is 2.11. The quantitative estimate of drug-likeness (QED) is 0.271. The maximum absolute atomic E-state index is 13.7. The molecule has 0 atom stereocenters. The molecule has 0 N–H and O–H groups in total. The molecule has 0 bridgehead atoms. The minimum atomic E-state index is -0.271. The maximum Gasteiger partial charge on any atom is 0.226 e. The summed E-state index contributed by atoms with van der Waals surface area (Å²) in [4.78, 5) is 13.0. The molecule has 2 aromatic heterocycles. The lowest BCUT2D eigenvalue weighted by molar-refractivity contribution is 0.378. The van der Waals surface area contributed by atoms with Gasteiger partial charge in [0, 0.05) is 23.1 Å². The van der Waals surface area contributed by atoms with Crippen molar-refractivity contribution in [1.29, 1.82) is 0 Å². The second-order valence-corrected chi connectivity index (χ2v) is 7.21. The molecule has 0 fully saturated rings. The number of hydrogen-bond donors (Lipinski definition) is 0. The minimum absolute atomic E-state index is 0.271. The summed E-state index contributed by atoms with van der Waals surface area (Å²) in [6.07, 6.45) is 3.12. The van der Waals surface area contributed by atoms with Crippen molar-refractivity contribution < 1.29 is 8.91 Å². The van der Waals surface area contributed by atoms with Gasteiger partial charge >= 0.3 is 0 Å². The Morgan fingerprint density at radius 3 is 2.89 bits per heavy atom. The summed E-state index contributed by atoms with van der Waals surface area (Å²) in [5, 5.41) is 5.99. The van der Waals surface area contributed by atoms with Gasteiger partial charge in [-0.25, -0.2) is 14.4 Å². The maximum atomic E-state index is 13.7. The lowest BCUT2D eigenvalue weighted by Gasteiger charge is -2.03. The van der Waals surface area contributed by atoms with E-state index in [1.54, 1.807) is 37.1 Å². The number of halogens is 1. The predicted molar refractivity (Wildman–Crippen MR) is 103 cm³/mol. The van der Waals surface area contributed by atoms with Crippen LogP contribution >= 0.6 is 11.8 Å². The van der Waals surface area contributed by atoms with E-state index >= 15 is 0 Å². The minimum Gasteiger partial charge on any atom is -0.339 e. The summed E-state index contributed by atoms with van der Waals surface area (Å²) in [7, 11) is 0. The van der Waals surface area contributed by atoms with Crippen LogP contribution in [-0.4, -0.2) is 25.9 Å². The van der Waals surface area contributed by atoms with Gasteiger partial charge in [-0.1, -0.05) is 35.5 Å². The van der Waals surface area contributed by atoms with Crippen molar-refractivity contribution in [2.75, 3.05) is 5.75 Å². The Bertz CT molecular complexity index is 1080. The molecule has 5 nitrogen and oxygen atoms in total. The number of hydrogen-bond acceptors (Lipinski definition) is 6. The third-order valence-electron chi connectivity index (χ3n) is 4.18. The van der Waals surface area contributed by atoms with Gasteiger partial charge in [0.15, 0.2) is 0 Å². The summed E-state index contributed by atoms with van der Waals surface area (Å²) in [5.41, 5.74) is 2.16. The van der Waals surface area contributed by atoms with Gasteiger partial charge in [-0.05, 0) is 31.0 Å². The summed E-state index contributed by atoms with van der Waals surface area (Å²) in [6, 6.07) is 12.9. The van der Waals surface area contributed by atoms with Crippen LogP contribution in [0.4, 0.5) is 4.39 Å². The van der Waals surface area contributed by atoms with Crippen LogP contribution in [0.1, 0.15) is 17.9 Å². The van der Waals surface area contributed by atoms with E-state index in [-0.39, 0.29) is 5.82 Å². The third-order valence-corrected chi connectivity index (χ3v) is 5.27. The molecule has 2 heterocycles. The molecule has 7 heteroatoms. The van der Waals surface area contributed by atoms with E-state index in [4.69, 9.17) is 4.52 Å². The van der Waals surface area contributed by atoms with Crippen LogP contribution in [0.2, 0.25) is 0 Å². The first-order valence-electron chi connectivity index (χ1n) is 8.62. The second kappa shape index (κ2) is 7.84. The van der Waals surface area contributed by atoms with Crippen molar-refractivity contribution in [3.63, 3.8) is 0 Å². The Hall–Kier alpha value is -2.80. The lowest BCUT2D eigenvalue weighted by Crippen LogP contribution is -1.91. The van der Waals surface area contributed by atoms with Gasteiger partial charge in [-0.15, -0.1) is 11.8 Å². The van der Waals surface area contributed by atoms with E-state index in [0.29, 0.717) is 29.3 Å². The van der Waals surface area contributed by atoms with Crippen molar-refractivity contribution in [2.24, 2.45) is 0 Å². The van der Waals surface area contributed by atoms with Crippen molar-refractivity contribution in [3.05, 3.63) is 66.1 Å². The van der Waals surface area contributed by atoms with E-state index in [9.17, 15) is 4.39 Å². The summed E-state index contributed by atoms with van der Waals surface area (Å²) < 4.78 is 19.0. The second-order valence-electron chi connectivity index (χ2n) is 6.12. The molecule has 0 unspecified atom stereocenters. The third kappa shape index (κ3) is 3.98. The highest BCUT2D eigenvalue weighted by atomic mass is 32.2. The molecule has 0 aliphatic carbocycles. The number of aryl methyl sites for hydroxylation is 2. The first kappa shape index (κ1) is 17.6. The Kier molecular flexibility index (Phi) is 5.11. The van der Waals surface area contributed by atoms with Crippen molar-refractivity contribution >= 4 is 22.7 Å². The van der Waals surface area contributed by atoms with E-state index in [1.165, 1.54) is 6.07 Å². The molecule has 4 rings (SSSR count). The molecule has 2 aromatic carbocycles. The molecule has 0 radical (unpaired) electrons. The van der Waals surface area contributed by atoms with E-state index < -0.39 is 0 Å². The lowest BCUT2D eigenvalue weighted by atomic mass is 10.1. The van der Waals surface area contributed by atoms with Crippen molar-refractivity contribution in [2.45, 2.75) is 24.8 Å². The summed E-state index contributed by atoms with van der Waals surface area (Å²) in [6.45, 7) is 1.72. The Morgan fingerprint density at radius 2 is 2.00 bits per heavy atom. The van der Waals surface area contributed by atoms with Crippen LogP contribution < -0.4 is 0 Å². The SMILES string of the molecule is Cc1ccc(-c2noc(CCCSc3ncnc4ccccc34)n2)cc1F. The molecule has 0 amide bonds. The fourth-order valence-electron chi connectivity index (χ4n) is 2.69. The molecular weight excluding hydrogens is 363 g/mol. The highest BCUT2D eigenvalue weighted by Crippen LogP contribution is 2.25. The first-order valence-corrected chi connectivity index (χ1v) is 9.61. The Balaban J connectivity index is 1.36. The average molecular weight is 380 g/mol. The standard InChI is InChI=1S/C20H17FN4OS/c1-13-8-9-14(11-16(13)21)19-24-18(26-25-19)7-4-10-27-20-15-5-2-3-6-17(15)22-12-23-20/h2-3,5-6,8-9,11-12H,4,7,10H2,1H3. The molecule has 0 spiro atoms. The zero-order valence-electron chi connectivity index (χ0n) is 14.7. The fraction of sp³-hybridized carbons (Fsp3) is 0.200. The van der Waals surface area contributed by atoms with E-state index in [2.05, 4.69) is 20.1 Å². The van der Waals surface area contributed by atoms with Gasteiger partial charge in [0.25, 0.3) is 0 Å². The molecule has 0 saturated heterocycles. The van der Waals surface area contributed by atoms with Gasteiger partial charge in [-0.3, -0.25) is 0 Å². The van der Waals surface area contributed by atoms with Gasteiger partial charge in [0.2, 0.25) is 11.7 Å². The molecule has 27 heavy (non-hydrogen) atoms. The van der Waals surface area contributed by atoms with Crippen molar-refractivity contribution in [3.8, 4) is 11.4 Å². The first-order chi connectivity index (χ1) is 13.2. The van der Waals surface area contributed by atoms with Gasteiger partial charge < -0.3 is 4.52 Å². The van der Waals surface area contributed by atoms with E-state index in [0.717, 1.165) is 28.1 Å². The number of rotatable bonds is 6. The number of nitrogens with zero attached hydrogens (tertiary/aromatic N) is 4. The molecule has 0 aliphatic rings. The number of aromatic nitrogens is 4. The molecule has 0 saturated carbocycles. The Labute approximate surface area is 160 Å². The fourth-order valence-corrected chi connectivity index (χ4v) is 3.62. The largest absolute Gasteiger partial charge is 0.339 e. The van der Waals surface area contributed by atoms with E-state index in [1.807, 2.05) is 24.3 Å². The van der Waals surface area contributed by atoms with Crippen molar-refractivity contribution in [1.82, 2.24) is 20.1 Å². The zero-order valence-corrected chi connectivity index (χ0v) is 15.5. The number of thioether (sulfide) groups is 1. The molecule has 0 aliphatic heterocycles. The summed E-state index contributed by atoms with van der Waals surface area (Å²) in [5.74, 6) is 1.57. The van der Waals surface area contributed by atoms with Gasteiger partial charge in [0.05, 0.1) is 5.52 Å². The monoisotopic (exact) mass is 380 g/mol. The molecular formula is C20H17FN4OS. The Morgan fingerprint density at radius 1 is 1.11 bits per heavy atom. The summed E-state index contributed by atoms with van der Waals surface area (Å²) >= 11 is 1.69. The smallest absolute Gasteiger partial charge is 0.226 e. The van der Waals surface area contributed by atoms with Crippen LogP contribution in [-0.2, 0) is 6.42 Å². The highest BCUT2D eigenvalue weighted by molar-refractivity contribution is 7.99. The number of benzene rings is 2. The van der Waals surface area contributed by atoms with Gasteiger partial charge in [-0.2, -0.15) is 4.98 Å². The van der Waals surface area contributed by atoms with Crippen LogP contribution in [0.15, 0.2) is 58.3 Å². The number of para-hydroxylation sites is 1. The van der Waals surface area contributed by atoms with Crippen LogP contribution in [0.5, 0.6) is 0 Å². The topological polar surface area (TPSA) is 64.7 Å². The number of fused-ring (bicyclic) bond motifs is 1. The average Bonchev–Trinajstić information content (AvgIpc) is 3.16. The molecule has 136 valence electrons. The van der Waals surface area contributed by atoms with Crippen LogP contribution in [0.3, 0.4) is 0 Å². The van der Waals surface area contributed by atoms with Crippen LogP contribution in [0.25, 0.3) is 22.3 Å².